The third-order valence-corrected chi connectivity index (χ3v) is 3.05. The first-order valence-electron chi connectivity index (χ1n) is 5.67. The number of nitrogens with zero attached hydrogens (tertiary/aromatic N) is 1. The first kappa shape index (κ1) is 11.6. The molecule has 3 nitrogen and oxygen atoms in total. The first-order valence-corrected chi connectivity index (χ1v) is 5.67. The van der Waals surface area contributed by atoms with Gasteiger partial charge >= 0.3 is 0 Å². The lowest BCUT2D eigenvalue weighted by Crippen LogP contribution is -2.04. The Morgan fingerprint density at radius 1 is 1.12 bits per heavy atom. The van der Waals surface area contributed by atoms with Crippen molar-refractivity contribution in [1.29, 1.82) is 0 Å². The zero-order valence-electron chi connectivity index (χ0n) is 10.5. The summed E-state index contributed by atoms with van der Waals surface area (Å²) < 4.78 is 7.42. The Bertz CT molecular complexity index is 510. The van der Waals surface area contributed by atoms with E-state index in [2.05, 4.69) is 30.5 Å². The van der Waals surface area contributed by atoms with Crippen LogP contribution in [0.25, 0.3) is 0 Å². The molecule has 0 amide bonds. The second kappa shape index (κ2) is 4.53. The number of nitrogen functional groups attached to an aromatic ring is 1. The van der Waals surface area contributed by atoms with Gasteiger partial charge in [-0.05, 0) is 43.7 Å². The lowest BCUT2D eigenvalue weighted by molar-refractivity contribution is 0.417. The van der Waals surface area contributed by atoms with Crippen molar-refractivity contribution < 1.29 is 4.74 Å². The Balaban J connectivity index is 2.28. The molecule has 0 aliphatic heterocycles. The molecule has 1 heterocycles. The third-order valence-electron chi connectivity index (χ3n) is 3.05. The normalized spacial score (nSPS) is 10.5. The van der Waals surface area contributed by atoms with E-state index in [1.807, 2.05) is 18.2 Å². The molecule has 0 radical (unpaired) electrons. The maximum absolute atomic E-state index is 5.90. The highest BCUT2D eigenvalue weighted by Crippen LogP contribution is 2.23. The molecule has 90 valence electrons. The summed E-state index contributed by atoms with van der Waals surface area (Å²) in [6.45, 7) is 5.07. The van der Waals surface area contributed by atoms with Gasteiger partial charge < -0.3 is 15.0 Å². The zero-order valence-corrected chi connectivity index (χ0v) is 10.5. The Labute approximate surface area is 102 Å². The molecule has 0 fully saturated rings. The van der Waals surface area contributed by atoms with Gasteiger partial charge in [-0.25, -0.2) is 0 Å². The highest BCUT2D eigenvalue weighted by molar-refractivity contribution is 5.54. The summed E-state index contributed by atoms with van der Waals surface area (Å²) in [6.07, 6.45) is 0. The van der Waals surface area contributed by atoms with Gasteiger partial charge in [-0.1, -0.05) is 6.07 Å². The number of hydrogen-bond donors (Lipinski definition) is 1. The van der Waals surface area contributed by atoms with E-state index in [1.165, 1.54) is 17.0 Å². The quantitative estimate of drug-likeness (QED) is 0.824. The van der Waals surface area contributed by atoms with Crippen molar-refractivity contribution in [2.75, 3.05) is 12.8 Å². The molecule has 3 heteroatoms. The summed E-state index contributed by atoms with van der Waals surface area (Å²) in [5.74, 6) is 0.731. The van der Waals surface area contributed by atoms with E-state index in [0.717, 1.165) is 12.3 Å². The standard InChI is InChI=1S/C14H18N2O/c1-10-4-5-11(2)16(10)9-12-6-7-14(17-3)13(15)8-12/h4-8H,9,15H2,1-3H3. The summed E-state index contributed by atoms with van der Waals surface area (Å²) in [4.78, 5) is 0. The molecule has 2 aromatic rings. The molecule has 0 bridgehead atoms. The zero-order chi connectivity index (χ0) is 12.4. The fourth-order valence-electron chi connectivity index (χ4n) is 2.01. The van der Waals surface area contributed by atoms with E-state index in [4.69, 9.17) is 10.5 Å². The van der Waals surface area contributed by atoms with E-state index < -0.39 is 0 Å². The summed E-state index contributed by atoms with van der Waals surface area (Å²) in [5.41, 5.74) is 10.3. The second-order valence-electron chi connectivity index (χ2n) is 4.28. The van der Waals surface area contributed by atoms with Crippen LogP contribution in [0.1, 0.15) is 17.0 Å². The number of methoxy groups -OCH3 is 1. The van der Waals surface area contributed by atoms with Crippen LogP contribution in [0, 0.1) is 13.8 Å². The first-order chi connectivity index (χ1) is 8.11. The lowest BCUT2D eigenvalue weighted by atomic mass is 10.2. The van der Waals surface area contributed by atoms with Crippen LogP contribution in [-0.4, -0.2) is 11.7 Å². The molecule has 0 spiro atoms. The second-order valence-corrected chi connectivity index (χ2v) is 4.28. The van der Waals surface area contributed by atoms with Crippen molar-refractivity contribution in [1.82, 2.24) is 4.57 Å². The van der Waals surface area contributed by atoms with Gasteiger partial charge in [0.05, 0.1) is 12.8 Å². The molecule has 1 aromatic carbocycles. The van der Waals surface area contributed by atoms with Crippen LogP contribution in [0.15, 0.2) is 30.3 Å². The average Bonchev–Trinajstić information content (AvgIpc) is 2.61. The van der Waals surface area contributed by atoms with E-state index >= 15 is 0 Å². The topological polar surface area (TPSA) is 40.2 Å². The molecule has 0 aliphatic rings. The van der Waals surface area contributed by atoms with Crippen LogP contribution in [0.3, 0.4) is 0 Å². The molecular formula is C14H18N2O. The number of aryl methyl sites for hydroxylation is 2. The molecule has 0 atom stereocenters. The van der Waals surface area contributed by atoms with Crippen molar-refractivity contribution in [3.63, 3.8) is 0 Å². The van der Waals surface area contributed by atoms with Gasteiger partial charge in [0.15, 0.2) is 0 Å². The highest BCUT2D eigenvalue weighted by atomic mass is 16.5. The van der Waals surface area contributed by atoms with Gasteiger partial charge in [-0.2, -0.15) is 0 Å². The Kier molecular flexibility index (Phi) is 3.09. The molecule has 2 N–H and O–H groups in total. The average molecular weight is 230 g/mol. The number of rotatable bonds is 3. The molecular weight excluding hydrogens is 212 g/mol. The fraction of sp³-hybridized carbons (Fsp3) is 0.286. The molecule has 0 aliphatic carbocycles. The minimum atomic E-state index is 0.687. The van der Waals surface area contributed by atoms with E-state index in [-0.39, 0.29) is 0 Å². The number of ether oxygens (including phenoxy) is 1. The van der Waals surface area contributed by atoms with Gasteiger partial charge in [0, 0.05) is 17.9 Å². The number of benzene rings is 1. The highest BCUT2D eigenvalue weighted by Gasteiger charge is 2.04. The number of nitrogens with two attached hydrogens (primary N) is 1. The Morgan fingerprint density at radius 2 is 1.76 bits per heavy atom. The summed E-state index contributed by atoms with van der Waals surface area (Å²) >= 11 is 0. The molecule has 1 aromatic heterocycles. The lowest BCUT2D eigenvalue weighted by Gasteiger charge is -2.11. The van der Waals surface area contributed by atoms with Crippen LogP contribution in [0.5, 0.6) is 5.75 Å². The Morgan fingerprint density at radius 3 is 2.29 bits per heavy atom. The molecule has 0 saturated heterocycles. The van der Waals surface area contributed by atoms with Crippen LogP contribution in [0.2, 0.25) is 0 Å². The minimum Gasteiger partial charge on any atom is -0.495 e. The smallest absolute Gasteiger partial charge is 0.141 e. The maximum Gasteiger partial charge on any atom is 0.141 e. The predicted molar refractivity (Wildman–Crippen MR) is 70.4 cm³/mol. The van der Waals surface area contributed by atoms with Crippen LogP contribution in [-0.2, 0) is 6.54 Å². The van der Waals surface area contributed by atoms with Gasteiger partial charge in [0.2, 0.25) is 0 Å². The molecule has 0 saturated carbocycles. The van der Waals surface area contributed by atoms with Gasteiger partial charge in [-0.15, -0.1) is 0 Å². The van der Waals surface area contributed by atoms with Crippen molar-refractivity contribution in [3.05, 3.63) is 47.3 Å². The van der Waals surface area contributed by atoms with E-state index in [9.17, 15) is 0 Å². The van der Waals surface area contributed by atoms with Crippen LogP contribution in [0.4, 0.5) is 5.69 Å². The van der Waals surface area contributed by atoms with Crippen LogP contribution >= 0.6 is 0 Å². The van der Waals surface area contributed by atoms with Gasteiger partial charge in [0.25, 0.3) is 0 Å². The number of anilines is 1. The molecule has 2 rings (SSSR count). The Hall–Kier alpha value is -1.90. The van der Waals surface area contributed by atoms with E-state index in [0.29, 0.717) is 5.69 Å². The third kappa shape index (κ3) is 2.28. The fourth-order valence-corrected chi connectivity index (χ4v) is 2.01. The van der Waals surface area contributed by atoms with Gasteiger partial charge in [0.1, 0.15) is 5.75 Å². The van der Waals surface area contributed by atoms with E-state index in [1.54, 1.807) is 7.11 Å². The van der Waals surface area contributed by atoms with Crippen LogP contribution < -0.4 is 10.5 Å². The SMILES string of the molecule is COc1ccc(Cn2c(C)ccc2C)cc1N. The summed E-state index contributed by atoms with van der Waals surface area (Å²) in [6, 6.07) is 10.2. The monoisotopic (exact) mass is 230 g/mol. The van der Waals surface area contributed by atoms with Crippen molar-refractivity contribution >= 4 is 5.69 Å². The van der Waals surface area contributed by atoms with Gasteiger partial charge in [-0.3, -0.25) is 0 Å². The van der Waals surface area contributed by atoms with Crippen molar-refractivity contribution in [2.45, 2.75) is 20.4 Å². The van der Waals surface area contributed by atoms with Crippen molar-refractivity contribution in [3.8, 4) is 5.75 Å². The van der Waals surface area contributed by atoms with Crippen molar-refractivity contribution in [2.24, 2.45) is 0 Å². The summed E-state index contributed by atoms with van der Waals surface area (Å²) in [7, 11) is 1.63. The molecule has 0 unspecified atom stereocenters. The largest absolute Gasteiger partial charge is 0.495 e. The minimum absolute atomic E-state index is 0.687. The maximum atomic E-state index is 5.90. The molecule has 17 heavy (non-hydrogen) atoms. The number of hydrogen-bond acceptors (Lipinski definition) is 2. The number of aromatic nitrogens is 1. The summed E-state index contributed by atoms with van der Waals surface area (Å²) in [5, 5.41) is 0. The predicted octanol–water partition coefficient (Wildman–Crippen LogP) is 2.74.